The Morgan fingerprint density at radius 3 is 2.21 bits per heavy atom. The van der Waals surface area contributed by atoms with Crippen LogP contribution < -0.4 is 0 Å². The van der Waals surface area contributed by atoms with Crippen molar-refractivity contribution < 1.29 is 13.2 Å². The third-order valence-electron chi connectivity index (χ3n) is 5.10. The number of amides is 1. The minimum Gasteiger partial charge on any atom is -0.340 e. The van der Waals surface area contributed by atoms with E-state index >= 15 is 0 Å². The zero-order valence-corrected chi connectivity index (χ0v) is 15.1. The van der Waals surface area contributed by atoms with Gasteiger partial charge >= 0.3 is 0 Å². The minimum absolute atomic E-state index is 0.180. The molecule has 1 heterocycles. The molecule has 1 saturated heterocycles. The lowest BCUT2D eigenvalue weighted by molar-refractivity contribution is -0.139. The van der Waals surface area contributed by atoms with Gasteiger partial charge in [0, 0.05) is 32.1 Å². The molecule has 5 nitrogen and oxygen atoms in total. The van der Waals surface area contributed by atoms with Crippen LogP contribution in [-0.2, 0) is 21.2 Å². The number of nitrogens with zero attached hydrogens (tertiary/aromatic N) is 2. The first-order chi connectivity index (χ1) is 11.5. The maximum Gasteiger partial charge on any atom is 0.243 e. The number of carbonyl (C=O) groups is 1. The van der Waals surface area contributed by atoms with E-state index in [2.05, 4.69) is 6.92 Å². The highest BCUT2D eigenvalue weighted by Gasteiger charge is 2.34. The number of benzene rings is 1. The van der Waals surface area contributed by atoms with E-state index in [1.54, 1.807) is 12.1 Å². The average Bonchev–Trinajstić information content (AvgIpc) is 2.54. The zero-order valence-electron chi connectivity index (χ0n) is 14.3. The summed E-state index contributed by atoms with van der Waals surface area (Å²) in [7, 11) is -3.46. The molecule has 1 amide bonds. The predicted molar refractivity (Wildman–Crippen MR) is 93.1 cm³/mol. The molecule has 2 aliphatic rings. The van der Waals surface area contributed by atoms with Crippen LogP contribution in [0.15, 0.2) is 29.2 Å². The SMILES string of the molecule is CCCc1ccc(S(=O)(=O)N2CCN(C(=O)C3CCC3)CC2)cc1. The summed E-state index contributed by atoms with van der Waals surface area (Å²) >= 11 is 0. The predicted octanol–water partition coefficient (Wildman–Crippen LogP) is 2.27. The van der Waals surface area contributed by atoms with Gasteiger partial charge in [0.25, 0.3) is 0 Å². The van der Waals surface area contributed by atoms with Gasteiger partial charge < -0.3 is 4.90 Å². The fourth-order valence-electron chi connectivity index (χ4n) is 3.33. The van der Waals surface area contributed by atoms with Crippen LogP contribution in [0, 0.1) is 5.92 Å². The van der Waals surface area contributed by atoms with Gasteiger partial charge in [-0.1, -0.05) is 31.9 Å². The second-order valence-corrected chi connectivity index (χ2v) is 8.69. The molecule has 24 heavy (non-hydrogen) atoms. The number of sulfonamides is 1. The standard InChI is InChI=1S/C18H26N2O3S/c1-2-4-15-7-9-17(10-8-15)24(22,23)20-13-11-19(12-14-20)18(21)16-5-3-6-16/h7-10,16H,2-6,11-14H2,1H3. The van der Waals surface area contributed by atoms with E-state index in [0.29, 0.717) is 31.1 Å². The molecular weight excluding hydrogens is 324 g/mol. The van der Waals surface area contributed by atoms with E-state index in [9.17, 15) is 13.2 Å². The van der Waals surface area contributed by atoms with Gasteiger partial charge in [-0.15, -0.1) is 0 Å². The van der Waals surface area contributed by atoms with E-state index in [-0.39, 0.29) is 11.8 Å². The first-order valence-electron chi connectivity index (χ1n) is 8.90. The number of rotatable bonds is 5. The van der Waals surface area contributed by atoms with Crippen LogP contribution in [-0.4, -0.2) is 49.7 Å². The van der Waals surface area contributed by atoms with Crippen molar-refractivity contribution in [3.05, 3.63) is 29.8 Å². The number of hydrogen-bond donors (Lipinski definition) is 0. The molecule has 1 saturated carbocycles. The van der Waals surface area contributed by atoms with Crippen LogP contribution in [0.1, 0.15) is 38.2 Å². The summed E-state index contributed by atoms with van der Waals surface area (Å²) in [6.45, 7) is 3.88. The smallest absolute Gasteiger partial charge is 0.243 e. The van der Waals surface area contributed by atoms with Gasteiger partial charge in [-0.2, -0.15) is 4.31 Å². The Balaban J connectivity index is 1.62. The molecule has 0 aromatic heterocycles. The van der Waals surface area contributed by atoms with Crippen LogP contribution in [0.5, 0.6) is 0 Å². The lowest BCUT2D eigenvalue weighted by atomic mass is 9.84. The van der Waals surface area contributed by atoms with E-state index in [1.807, 2.05) is 17.0 Å². The normalized spacial score (nSPS) is 20.0. The number of piperazine rings is 1. The Labute approximate surface area is 144 Å². The Morgan fingerprint density at radius 2 is 1.71 bits per heavy atom. The van der Waals surface area contributed by atoms with Gasteiger partial charge in [-0.3, -0.25) is 4.79 Å². The second kappa shape index (κ2) is 7.23. The van der Waals surface area contributed by atoms with Gasteiger partial charge in [-0.05, 0) is 37.0 Å². The van der Waals surface area contributed by atoms with Crippen LogP contribution in [0.4, 0.5) is 0 Å². The summed E-state index contributed by atoms with van der Waals surface area (Å²) in [6.07, 6.45) is 5.12. The highest BCUT2D eigenvalue weighted by molar-refractivity contribution is 7.89. The molecule has 3 rings (SSSR count). The van der Waals surface area contributed by atoms with Gasteiger partial charge in [0.05, 0.1) is 4.90 Å². The summed E-state index contributed by atoms with van der Waals surface area (Å²) in [5.74, 6) is 0.390. The average molecular weight is 350 g/mol. The Kier molecular flexibility index (Phi) is 5.25. The summed E-state index contributed by atoms with van der Waals surface area (Å²) in [4.78, 5) is 14.4. The minimum atomic E-state index is -3.46. The van der Waals surface area contributed by atoms with Gasteiger partial charge in [0.15, 0.2) is 0 Å². The maximum absolute atomic E-state index is 12.8. The second-order valence-electron chi connectivity index (χ2n) is 6.75. The van der Waals surface area contributed by atoms with Crippen molar-refractivity contribution in [1.29, 1.82) is 0 Å². The van der Waals surface area contributed by atoms with Crippen molar-refractivity contribution in [2.45, 2.75) is 43.9 Å². The summed E-state index contributed by atoms with van der Waals surface area (Å²) in [5.41, 5.74) is 1.16. The fraction of sp³-hybridized carbons (Fsp3) is 0.611. The topological polar surface area (TPSA) is 57.7 Å². The molecule has 0 unspecified atom stereocenters. The van der Waals surface area contributed by atoms with Crippen molar-refractivity contribution in [2.75, 3.05) is 26.2 Å². The Bertz CT molecular complexity index is 673. The molecule has 0 N–H and O–H groups in total. The third-order valence-corrected chi connectivity index (χ3v) is 7.02. The van der Waals surface area contributed by atoms with Crippen LogP contribution in [0.2, 0.25) is 0 Å². The Morgan fingerprint density at radius 1 is 1.08 bits per heavy atom. The monoisotopic (exact) mass is 350 g/mol. The summed E-state index contributed by atoms with van der Waals surface area (Å²) in [5, 5.41) is 0. The van der Waals surface area contributed by atoms with Crippen molar-refractivity contribution in [3.8, 4) is 0 Å². The summed E-state index contributed by atoms with van der Waals surface area (Å²) < 4.78 is 27.0. The lowest BCUT2D eigenvalue weighted by Crippen LogP contribution is -2.52. The summed E-state index contributed by atoms with van der Waals surface area (Å²) in [6, 6.07) is 7.19. The molecule has 0 atom stereocenters. The quantitative estimate of drug-likeness (QED) is 0.818. The molecule has 1 aliphatic heterocycles. The van der Waals surface area contributed by atoms with E-state index < -0.39 is 10.0 Å². The molecule has 2 fully saturated rings. The first-order valence-corrected chi connectivity index (χ1v) is 10.3. The van der Waals surface area contributed by atoms with Crippen LogP contribution in [0.25, 0.3) is 0 Å². The Hall–Kier alpha value is -1.40. The van der Waals surface area contributed by atoms with Gasteiger partial charge in [0.2, 0.25) is 15.9 Å². The molecular formula is C18H26N2O3S. The molecule has 132 valence electrons. The lowest BCUT2D eigenvalue weighted by Gasteiger charge is -2.37. The first kappa shape index (κ1) is 17.4. The number of aryl methyl sites for hydroxylation is 1. The van der Waals surface area contributed by atoms with Crippen LogP contribution in [0.3, 0.4) is 0 Å². The molecule has 1 aliphatic carbocycles. The molecule has 1 aromatic rings. The highest BCUT2D eigenvalue weighted by atomic mass is 32.2. The van der Waals surface area contributed by atoms with Gasteiger partial charge in [-0.25, -0.2) is 8.42 Å². The molecule has 0 spiro atoms. The number of hydrogen-bond acceptors (Lipinski definition) is 3. The zero-order chi connectivity index (χ0) is 17.2. The van der Waals surface area contributed by atoms with Crippen molar-refractivity contribution in [2.24, 2.45) is 5.92 Å². The molecule has 0 bridgehead atoms. The van der Waals surface area contributed by atoms with E-state index in [0.717, 1.165) is 37.7 Å². The van der Waals surface area contributed by atoms with E-state index in [4.69, 9.17) is 0 Å². The van der Waals surface area contributed by atoms with Crippen molar-refractivity contribution in [1.82, 2.24) is 9.21 Å². The molecule has 6 heteroatoms. The molecule has 0 radical (unpaired) electrons. The van der Waals surface area contributed by atoms with E-state index in [1.165, 1.54) is 4.31 Å². The van der Waals surface area contributed by atoms with Gasteiger partial charge in [0.1, 0.15) is 0 Å². The number of carbonyl (C=O) groups excluding carboxylic acids is 1. The van der Waals surface area contributed by atoms with Crippen molar-refractivity contribution >= 4 is 15.9 Å². The highest BCUT2D eigenvalue weighted by Crippen LogP contribution is 2.29. The third kappa shape index (κ3) is 3.49. The maximum atomic E-state index is 12.8. The molecule has 1 aromatic carbocycles. The fourth-order valence-corrected chi connectivity index (χ4v) is 4.75. The largest absolute Gasteiger partial charge is 0.340 e. The van der Waals surface area contributed by atoms with Crippen molar-refractivity contribution in [3.63, 3.8) is 0 Å². The van der Waals surface area contributed by atoms with Crippen LogP contribution >= 0.6 is 0 Å².